The van der Waals surface area contributed by atoms with Gasteiger partial charge in [-0.25, -0.2) is 13.2 Å². The van der Waals surface area contributed by atoms with Gasteiger partial charge < -0.3 is 0 Å². The highest BCUT2D eigenvalue weighted by Crippen LogP contribution is 2.25. The zero-order chi connectivity index (χ0) is 10.9. The van der Waals surface area contributed by atoms with E-state index in [9.17, 15) is 13.2 Å². The number of hydrogen-bond donors (Lipinski definition) is 0. The smallest absolute Gasteiger partial charge is 0.244 e. The van der Waals surface area contributed by atoms with E-state index in [2.05, 4.69) is 13.8 Å². The molecular formula is C10H21F3. The first-order chi connectivity index (χ1) is 5.93. The van der Waals surface area contributed by atoms with Crippen LogP contribution in [0.3, 0.4) is 0 Å². The van der Waals surface area contributed by atoms with Crippen molar-refractivity contribution in [3.8, 4) is 0 Å². The molecule has 0 amide bonds. The Morgan fingerprint density at radius 3 is 1.77 bits per heavy atom. The van der Waals surface area contributed by atoms with Gasteiger partial charge >= 0.3 is 0 Å². The monoisotopic (exact) mass is 198 g/mol. The van der Waals surface area contributed by atoms with E-state index in [1.807, 2.05) is 6.92 Å². The van der Waals surface area contributed by atoms with Crippen LogP contribution in [0.5, 0.6) is 0 Å². The van der Waals surface area contributed by atoms with Gasteiger partial charge in [-0.2, -0.15) is 0 Å². The Morgan fingerprint density at radius 2 is 1.54 bits per heavy atom. The average molecular weight is 198 g/mol. The van der Waals surface area contributed by atoms with Crippen LogP contribution in [-0.2, 0) is 0 Å². The lowest BCUT2D eigenvalue weighted by Gasteiger charge is -2.15. The molecule has 0 saturated heterocycles. The molecule has 0 rings (SSSR count). The van der Waals surface area contributed by atoms with E-state index in [0.29, 0.717) is 6.42 Å². The van der Waals surface area contributed by atoms with Crippen molar-refractivity contribution in [2.24, 2.45) is 5.92 Å². The number of hydrogen-bond acceptors (Lipinski definition) is 0. The Kier molecular flexibility index (Phi) is 9.86. The summed E-state index contributed by atoms with van der Waals surface area (Å²) in [6, 6.07) is 0. The molecule has 13 heavy (non-hydrogen) atoms. The first-order valence-corrected chi connectivity index (χ1v) is 4.87. The third-order valence-corrected chi connectivity index (χ3v) is 1.54. The maximum atomic E-state index is 12.2. The number of rotatable bonds is 4. The lowest BCUT2D eigenvalue weighted by molar-refractivity contribution is -0.0420. The summed E-state index contributed by atoms with van der Waals surface area (Å²) in [5.41, 5.74) is 0. The molecule has 0 fully saturated rings. The van der Waals surface area contributed by atoms with Gasteiger partial charge in [-0.05, 0) is 5.92 Å². The summed E-state index contributed by atoms with van der Waals surface area (Å²) in [4.78, 5) is 0. The Bertz CT molecular complexity index is 102. The molecule has 0 heterocycles. The van der Waals surface area contributed by atoms with Crippen molar-refractivity contribution in [2.45, 2.75) is 52.9 Å². The van der Waals surface area contributed by atoms with E-state index < -0.39 is 12.6 Å². The molecule has 1 atom stereocenters. The SMILES string of the molecule is CCC.CCC(C)CC(F)(F)CF. The van der Waals surface area contributed by atoms with Crippen molar-refractivity contribution in [3.63, 3.8) is 0 Å². The molecular weight excluding hydrogens is 177 g/mol. The summed E-state index contributed by atoms with van der Waals surface area (Å²) in [7, 11) is 0. The van der Waals surface area contributed by atoms with Crippen LogP contribution in [0.25, 0.3) is 0 Å². The van der Waals surface area contributed by atoms with Crippen molar-refractivity contribution in [1.82, 2.24) is 0 Å². The van der Waals surface area contributed by atoms with E-state index in [0.717, 1.165) is 0 Å². The largest absolute Gasteiger partial charge is 0.276 e. The highest BCUT2D eigenvalue weighted by Gasteiger charge is 2.30. The van der Waals surface area contributed by atoms with Crippen molar-refractivity contribution in [3.05, 3.63) is 0 Å². The minimum absolute atomic E-state index is 0.0919. The summed E-state index contributed by atoms with van der Waals surface area (Å²) < 4.78 is 35.9. The van der Waals surface area contributed by atoms with Gasteiger partial charge in [0.2, 0.25) is 0 Å². The Balaban J connectivity index is 0. The summed E-state index contributed by atoms with van der Waals surface area (Å²) in [5.74, 6) is -3.19. The Labute approximate surface area is 79.5 Å². The average Bonchev–Trinajstić information content (AvgIpc) is 2.05. The van der Waals surface area contributed by atoms with Crippen LogP contribution in [0.4, 0.5) is 13.2 Å². The van der Waals surface area contributed by atoms with Crippen LogP contribution in [-0.4, -0.2) is 12.6 Å². The van der Waals surface area contributed by atoms with Crippen LogP contribution in [0.1, 0.15) is 47.0 Å². The molecule has 0 aliphatic heterocycles. The van der Waals surface area contributed by atoms with E-state index >= 15 is 0 Å². The lowest BCUT2D eigenvalue weighted by atomic mass is 10.0. The normalized spacial score (nSPS) is 13.2. The molecule has 0 radical (unpaired) electrons. The van der Waals surface area contributed by atoms with Crippen molar-refractivity contribution in [1.29, 1.82) is 0 Å². The van der Waals surface area contributed by atoms with E-state index in [1.54, 1.807) is 6.92 Å². The molecule has 0 N–H and O–H groups in total. The first-order valence-electron chi connectivity index (χ1n) is 4.87. The summed E-state index contributed by atoms with van der Waals surface area (Å²) in [6.07, 6.45) is 1.59. The summed E-state index contributed by atoms with van der Waals surface area (Å²) in [6.45, 7) is 6.24. The highest BCUT2D eigenvalue weighted by atomic mass is 19.3. The quantitative estimate of drug-likeness (QED) is 0.626. The molecule has 82 valence electrons. The third kappa shape index (κ3) is 11.8. The van der Waals surface area contributed by atoms with Gasteiger partial charge in [0.25, 0.3) is 5.92 Å². The standard InChI is InChI=1S/C7H13F3.C3H8/c1-3-6(2)4-7(9,10)5-8;1-3-2/h6H,3-5H2,1-2H3;3H2,1-2H3. The van der Waals surface area contributed by atoms with Crippen LogP contribution >= 0.6 is 0 Å². The van der Waals surface area contributed by atoms with E-state index in [4.69, 9.17) is 0 Å². The van der Waals surface area contributed by atoms with Gasteiger partial charge in [0.15, 0.2) is 6.67 Å². The second-order valence-electron chi connectivity index (χ2n) is 3.41. The summed E-state index contributed by atoms with van der Waals surface area (Å²) in [5, 5.41) is 0. The van der Waals surface area contributed by atoms with Crippen molar-refractivity contribution >= 4 is 0 Å². The van der Waals surface area contributed by atoms with Crippen LogP contribution in [0, 0.1) is 5.92 Å². The second kappa shape index (κ2) is 8.39. The van der Waals surface area contributed by atoms with Crippen LogP contribution < -0.4 is 0 Å². The molecule has 0 bridgehead atoms. The fourth-order valence-electron chi connectivity index (χ4n) is 0.709. The maximum Gasteiger partial charge on any atom is 0.276 e. The lowest BCUT2D eigenvalue weighted by Crippen LogP contribution is -2.21. The highest BCUT2D eigenvalue weighted by molar-refractivity contribution is 4.67. The molecule has 0 aliphatic carbocycles. The molecule has 0 aromatic carbocycles. The molecule has 0 spiro atoms. The minimum Gasteiger partial charge on any atom is -0.244 e. The van der Waals surface area contributed by atoms with Gasteiger partial charge in [0, 0.05) is 6.42 Å². The van der Waals surface area contributed by atoms with Gasteiger partial charge in [0.05, 0.1) is 0 Å². The molecule has 0 aromatic rings. The van der Waals surface area contributed by atoms with E-state index in [1.165, 1.54) is 6.42 Å². The van der Waals surface area contributed by atoms with Gasteiger partial charge in [-0.1, -0.05) is 40.5 Å². The maximum absolute atomic E-state index is 12.2. The molecule has 1 unspecified atom stereocenters. The Morgan fingerprint density at radius 1 is 1.15 bits per heavy atom. The van der Waals surface area contributed by atoms with Crippen LogP contribution in [0.15, 0.2) is 0 Å². The van der Waals surface area contributed by atoms with Crippen molar-refractivity contribution < 1.29 is 13.2 Å². The van der Waals surface area contributed by atoms with Gasteiger partial charge in [-0.15, -0.1) is 0 Å². The van der Waals surface area contributed by atoms with Crippen LogP contribution in [0.2, 0.25) is 0 Å². The molecule has 0 saturated carbocycles. The fraction of sp³-hybridized carbons (Fsp3) is 1.00. The topological polar surface area (TPSA) is 0 Å². The molecule has 0 nitrogen and oxygen atoms in total. The molecule has 3 heteroatoms. The zero-order valence-corrected chi connectivity index (χ0v) is 9.04. The first kappa shape index (κ1) is 15.3. The predicted molar refractivity (Wildman–Crippen MR) is 51.0 cm³/mol. The van der Waals surface area contributed by atoms with Crippen molar-refractivity contribution in [2.75, 3.05) is 6.67 Å². The van der Waals surface area contributed by atoms with Gasteiger partial charge in [0.1, 0.15) is 0 Å². The third-order valence-electron chi connectivity index (χ3n) is 1.54. The zero-order valence-electron chi connectivity index (χ0n) is 9.04. The molecule has 0 aromatic heterocycles. The summed E-state index contributed by atoms with van der Waals surface area (Å²) >= 11 is 0. The fourth-order valence-corrected chi connectivity index (χ4v) is 0.709. The second-order valence-corrected chi connectivity index (χ2v) is 3.41. The minimum atomic E-state index is -3.10. The van der Waals surface area contributed by atoms with E-state index in [-0.39, 0.29) is 12.3 Å². The van der Waals surface area contributed by atoms with Gasteiger partial charge in [-0.3, -0.25) is 0 Å². The number of alkyl halides is 3. The Hall–Kier alpha value is -0.210. The molecule has 0 aliphatic rings. The number of halogens is 3. The predicted octanol–water partition coefficient (Wildman–Crippen LogP) is 4.44.